The number of Topliss-reactive ketones (excluding diaryl/α,β-unsaturated/α-hetero) is 1. The minimum absolute atomic E-state index is 0.0340. The van der Waals surface area contributed by atoms with Crippen molar-refractivity contribution < 1.29 is 38.0 Å². The van der Waals surface area contributed by atoms with Crippen LogP contribution in [-0.2, 0) is 4.79 Å². The monoisotopic (exact) mass is 555 g/mol. The Bertz CT molecular complexity index is 1840. The van der Waals surface area contributed by atoms with Crippen LogP contribution in [0.1, 0.15) is 39.4 Å². The Balaban J connectivity index is 1.48. The molecule has 3 heterocycles. The van der Waals surface area contributed by atoms with Crippen molar-refractivity contribution in [1.29, 1.82) is 0 Å². The number of ether oxygens (including phenoxy) is 6. The molecule has 4 aromatic rings. The van der Waals surface area contributed by atoms with Crippen LogP contribution in [0.3, 0.4) is 0 Å². The molecule has 0 saturated heterocycles. The first-order valence-electron chi connectivity index (χ1n) is 12.7. The number of esters is 1. The van der Waals surface area contributed by atoms with Crippen LogP contribution in [0.4, 0.5) is 0 Å². The molecule has 1 aromatic heterocycles. The minimum Gasteiger partial charge on any atom is -0.497 e. The van der Waals surface area contributed by atoms with Gasteiger partial charge in [-0.3, -0.25) is 14.4 Å². The number of pyridine rings is 1. The Morgan fingerprint density at radius 2 is 1.66 bits per heavy atom. The molecular weight excluding hydrogens is 530 g/mol. The summed E-state index contributed by atoms with van der Waals surface area (Å²) in [6.45, 7) is 0. The zero-order valence-electron chi connectivity index (χ0n) is 22.7. The topological polar surface area (TPSA) is 122 Å². The molecule has 2 aliphatic heterocycles. The van der Waals surface area contributed by atoms with Crippen molar-refractivity contribution in [2.24, 2.45) is 0 Å². The summed E-state index contributed by atoms with van der Waals surface area (Å²) in [4.78, 5) is 42.3. The van der Waals surface area contributed by atoms with E-state index in [1.54, 1.807) is 61.7 Å². The summed E-state index contributed by atoms with van der Waals surface area (Å²) in [5.74, 6) is 0.723. The van der Waals surface area contributed by atoms with E-state index in [1.807, 2.05) is 0 Å². The van der Waals surface area contributed by atoms with Gasteiger partial charge in [-0.2, -0.15) is 0 Å². The molecule has 0 saturated carbocycles. The summed E-state index contributed by atoms with van der Waals surface area (Å²) in [6.07, 6.45) is 1.44. The van der Waals surface area contributed by atoms with Crippen molar-refractivity contribution in [3.63, 3.8) is 0 Å². The van der Waals surface area contributed by atoms with E-state index in [9.17, 15) is 14.4 Å². The van der Waals surface area contributed by atoms with Gasteiger partial charge in [0.05, 0.1) is 40.4 Å². The normalized spacial score (nSPS) is 16.6. The lowest BCUT2D eigenvalue weighted by Gasteiger charge is -2.26. The highest BCUT2D eigenvalue weighted by atomic mass is 16.5. The number of hydrogen-bond acceptors (Lipinski definition) is 9. The van der Waals surface area contributed by atoms with Crippen LogP contribution in [0.15, 0.2) is 59.1 Å². The molecule has 41 heavy (non-hydrogen) atoms. The molecule has 1 N–H and O–H groups in total. The molecule has 10 heteroatoms. The van der Waals surface area contributed by atoms with E-state index < -0.39 is 11.9 Å². The number of benzene rings is 3. The Morgan fingerprint density at radius 1 is 0.854 bits per heavy atom. The summed E-state index contributed by atoms with van der Waals surface area (Å²) in [6, 6.07) is 13.5. The van der Waals surface area contributed by atoms with Gasteiger partial charge >= 0.3 is 5.97 Å². The molecule has 0 spiro atoms. The molecule has 6 rings (SSSR count). The lowest BCUT2D eigenvalue weighted by Crippen LogP contribution is -2.26. The second kappa shape index (κ2) is 10.1. The fourth-order valence-corrected chi connectivity index (χ4v) is 5.34. The first-order chi connectivity index (χ1) is 19.9. The maximum Gasteiger partial charge on any atom is 0.312 e. The molecule has 2 aliphatic rings. The largest absolute Gasteiger partial charge is 0.497 e. The predicted octanol–water partition coefficient (Wildman–Crippen LogP) is 4.62. The summed E-state index contributed by atoms with van der Waals surface area (Å²) >= 11 is 0. The molecule has 208 valence electrons. The standard InChI is InChI=1S/C31H25NO9/c1-36-17-6-8-21-16(11-17)12-20(31(35)32-21)19-14-25(33)40-22-10-7-18-27(34)24(41-29(18)26(19)22)13-15-5-9-23(37-2)30(39-4)28(15)38-3/h5-13,19H,14H2,1-4H3,(H,32,35)/b24-13+. The fraction of sp³-hybridized carbons (Fsp3) is 0.194. The number of carbonyl (C=O) groups excluding carboxylic acids is 2. The van der Waals surface area contributed by atoms with Crippen LogP contribution in [-0.4, -0.2) is 45.2 Å². The number of methoxy groups -OCH3 is 4. The Kier molecular flexibility index (Phi) is 6.37. The van der Waals surface area contributed by atoms with Gasteiger partial charge in [-0.05, 0) is 54.6 Å². The zero-order valence-corrected chi connectivity index (χ0v) is 22.7. The van der Waals surface area contributed by atoms with Crippen LogP contribution in [0, 0.1) is 0 Å². The molecule has 0 fully saturated rings. The Hall–Kier alpha value is -5.25. The van der Waals surface area contributed by atoms with E-state index in [1.165, 1.54) is 21.3 Å². The van der Waals surface area contributed by atoms with Gasteiger partial charge in [-0.1, -0.05) is 0 Å². The smallest absolute Gasteiger partial charge is 0.312 e. The number of nitrogens with one attached hydrogen (secondary N) is 1. The lowest BCUT2D eigenvalue weighted by molar-refractivity contribution is -0.135. The summed E-state index contributed by atoms with van der Waals surface area (Å²) in [7, 11) is 6.04. The van der Waals surface area contributed by atoms with Crippen molar-refractivity contribution in [2.45, 2.75) is 12.3 Å². The average Bonchev–Trinajstić information content (AvgIpc) is 3.30. The van der Waals surface area contributed by atoms with Crippen molar-refractivity contribution in [3.05, 3.63) is 86.9 Å². The highest BCUT2D eigenvalue weighted by Gasteiger charge is 2.39. The van der Waals surface area contributed by atoms with Crippen LogP contribution in [0.5, 0.6) is 34.5 Å². The van der Waals surface area contributed by atoms with E-state index in [-0.39, 0.29) is 40.6 Å². The number of hydrogen-bond donors (Lipinski definition) is 1. The van der Waals surface area contributed by atoms with Crippen molar-refractivity contribution in [3.8, 4) is 34.5 Å². The minimum atomic E-state index is -0.719. The number of allylic oxidation sites excluding steroid dienone is 1. The van der Waals surface area contributed by atoms with Gasteiger partial charge in [0.15, 0.2) is 17.3 Å². The van der Waals surface area contributed by atoms with Gasteiger partial charge in [-0.15, -0.1) is 0 Å². The highest BCUT2D eigenvalue weighted by Crippen LogP contribution is 2.49. The molecule has 0 aliphatic carbocycles. The SMILES string of the molecule is COc1ccc2[nH]c(=O)c(C3CC(=O)Oc4ccc5c(c43)O/C(=C/c3ccc(OC)c(OC)c3OC)C5=O)cc2c1. The predicted molar refractivity (Wildman–Crippen MR) is 149 cm³/mol. The zero-order chi connectivity index (χ0) is 28.8. The maximum absolute atomic E-state index is 13.5. The van der Waals surface area contributed by atoms with Gasteiger partial charge < -0.3 is 33.4 Å². The van der Waals surface area contributed by atoms with Gasteiger partial charge in [0.25, 0.3) is 5.56 Å². The number of ketones is 1. The Labute approximate surface area is 234 Å². The third-order valence-corrected chi connectivity index (χ3v) is 7.26. The first-order valence-corrected chi connectivity index (χ1v) is 12.7. The van der Waals surface area contributed by atoms with Crippen LogP contribution in [0.25, 0.3) is 17.0 Å². The third-order valence-electron chi connectivity index (χ3n) is 7.26. The quantitative estimate of drug-likeness (QED) is 0.206. The van der Waals surface area contributed by atoms with E-state index in [2.05, 4.69) is 4.98 Å². The second-order valence-electron chi connectivity index (χ2n) is 9.46. The maximum atomic E-state index is 13.5. The van der Waals surface area contributed by atoms with Gasteiger partial charge in [0, 0.05) is 33.5 Å². The molecule has 0 amide bonds. The van der Waals surface area contributed by atoms with E-state index in [0.29, 0.717) is 45.2 Å². The van der Waals surface area contributed by atoms with E-state index >= 15 is 0 Å². The van der Waals surface area contributed by atoms with Crippen LogP contribution < -0.4 is 34.0 Å². The fourth-order valence-electron chi connectivity index (χ4n) is 5.34. The summed E-state index contributed by atoms with van der Waals surface area (Å²) in [5, 5.41) is 0.727. The molecule has 0 radical (unpaired) electrons. The van der Waals surface area contributed by atoms with Crippen LogP contribution in [0.2, 0.25) is 0 Å². The number of carbonyl (C=O) groups is 2. The number of aromatic amines is 1. The highest BCUT2D eigenvalue weighted by molar-refractivity contribution is 6.15. The van der Waals surface area contributed by atoms with Crippen molar-refractivity contribution in [2.75, 3.05) is 28.4 Å². The first kappa shape index (κ1) is 26.0. The molecule has 1 unspecified atom stereocenters. The summed E-state index contributed by atoms with van der Waals surface area (Å²) in [5.41, 5.74) is 1.87. The molecular formula is C31H25NO9. The van der Waals surface area contributed by atoms with E-state index in [0.717, 1.165) is 5.39 Å². The summed E-state index contributed by atoms with van der Waals surface area (Å²) < 4.78 is 33.4. The van der Waals surface area contributed by atoms with E-state index in [4.69, 9.17) is 28.4 Å². The number of rotatable bonds is 6. The molecule has 1 atom stereocenters. The van der Waals surface area contributed by atoms with Crippen LogP contribution >= 0.6 is 0 Å². The molecule has 10 nitrogen and oxygen atoms in total. The van der Waals surface area contributed by atoms with Gasteiger partial charge in [0.1, 0.15) is 17.2 Å². The lowest BCUT2D eigenvalue weighted by atomic mass is 9.85. The van der Waals surface area contributed by atoms with Crippen molar-refractivity contribution in [1.82, 2.24) is 4.98 Å². The number of fused-ring (bicyclic) bond motifs is 4. The van der Waals surface area contributed by atoms with Crippen molar-refractivity contribution >= 4 is 28.7 Å². The molecule has 3 aromatic carbocycles. The number of aromatic nitrogens is 1. The number of H-pyrrole nitrogens is 1. The third kappa shape index (κ3) is 4.24. The average molecular weight is 556 g/mol. The second-order valence-corrected chi connectivity index (χ2v) is 9.46. The van der Waals surface area contributed by atoms with Gasteiger partial charge in [-0.25, -0.2) is 0 Å². The molecule has 0 bridgehead atoms. The Morgan fingerprint density at radius 3 is 2.39 bits per heavy atom. The van der Waals surface area contributed by atoms with Gasteiger partial charge in [0.2, 0.25) is 11.5 Å².